The van der Waals surface area contributed by atoms with E-state index in [1.165, 1.54) is 24.5 Å². The van der Waals surface area contributed by atoms with E-state index in [1.807, 2.05) is 31.4 Å². The van der Waals surface area contributed by atoms with E-state index in [-0.39, 0.29) is 19.4 Å². The number of nitrogens with zero attached hydrogens (tertiary/aromatic N) is 1. The molecule has 0 saturated carbocycles. The van der Waals surface area contributed by atoms with Gasteiger partial charge < -0.3 is 25.4 Å². The number of hydrogen-bond acceptors (Lipinski definition) is 7. The Morgan fingerprint density at radius 3 is 2.77 bits per heavy atom. The Kier molecular flexibility index (Phi) is 11.0. The maximum atomic E-state index is 11.1. The van der Waals surface area contributed by atoms with Gasteiger partial charge in [-0.15, -0.1) is 17.9 Å². The fourth-order valence-corrected chi connectivity index (χ4v) is 3.62. The van der Waals surface area contributed by atoms with Crippen molar-refractivity contribution < 1.29 is 24.9 Å². The minimum absolute atomic E-state index is 0.115. The smallest absolute Gasteiger partial charge is 0.406 e. The molecule has 1 aromatic heterocycles. The number of aliphatic hydroxyl groups is 3. The van der Waals surface area contributed by atoms with Gasteiger partial charge in [-0.25, -0.2) is 9.78 Å². The molecule has 0 spiro atoms. The third kappa shape index (κ3) is 8.39. The van der Waals surface area contributed by atoms with E-state index in [9.17, 15) is 20.1 Å². The van der Waals surface area contributed by atoms with Gasteiger partial charge in [-0.1, -0.05) is 44.2 Å². The van der Waals surface area contributed by atoms with Crippen LogP contribution >= 0.6 is 11.3 Å². The molecule has 0 aromatic carbocycles. The van der Waals surface area contributed by atoms with Gasteiger partial charge in [0.2, 0.25) is 0 Å². The number of ether oxygens (including phenoxy) is 1. The van der Waals surface area contributed by atoms with Crippen LogP contribution in [0, 0.1) is 0 Å². The highest BCUT2D eigenvalue weighted by atomic mass is 32.1. The number of rotatable bonds is 13. The van der Waals surface area contributed by atoms with Crippen molar-refractivity contribution in [3.05, 3.63) is 53.0 Å². The molecule has 168 valence electrons. The predicted octanol–water partition coefficient (Wildman–Crippen LogP) is 2.87. The molecule has 0 bridgehead atoms. The summed E-state index contributed by atoms with van der Waals surface area (Å²) in [6, 6.07) is 0. The standard InChI is InChI=1S/C22H34N2O5S/c1-5-6-7-8-10-17-15-30-19(24-17)21(2,3)18(26)11-9-12-22(28,16-25)13-14-23-20(27)29-4/h5,7-9,12,15,18,25-26,28H,1,6,10-11,13-14,16H2,2-4H3,(H,23,27)/b8-7+,12-9+. The summed E-state index contributed by atoms with van der Waals surface area (Å²) >= 11 is 1.52. The van der Waals surface area contributed by atoms with Crippen molar-refractivity contribution in [3.63, 3.8) is 0 Å². The molecule has 0 fully saturated rings. The lowest BCUT2D eigenvalue weighted by Crippen LogP contribution is -2.37. The lowest BCUT2D eigenvalue weighted by atomic mass is 9.85. The Hall–Kier alpha value is -2.00. The van der Waals surface area contributed by atoms with Gasteiger partial charge in [0.25, 0.3) is 0 Å². The van der Waals surface area contributed by atoms with E-state index in [0.717, 1.165) is 23.5 Å². The highest BCUT2D eigenvalue weighted by Crippen LogP contribution is 2.32. The van der Waals surface area contributed by atoms with Crippen LogP contribution in [0.1, 0.15) is 43.8 Å². The fourth-order valence-electron chi connectivity index (χ4n) is 2.61. The molecule has 2 atom stereocenters. The second kappa shape index (κ2) is 12.6. The number of hydrogen-bond donors (Lipinski definition) is 4. The van der Waals surface area contributed by atoms with Gasteiger partial charge in [0.15, 0.2) is 0 Å². The van der Waals surface area contributed by atoms with Crippen LogP contribution in [0.15, 0.2) is 42.3 Å². The number of methoxy groups -OCH3 is 1. The number of amides is 1. The van der Waals surface area contributed by atoms with Crippen molar-refractivity contribution >= 4 is 17.4 Å². The maximum absolute atomic E-state index is 11.1. The predicted molar refractivity (Wildman–Crippen MR) is 120 cm³/mol. The van der Waals surface area contributed by atoms with Gasteiger partial charge >= 0.3 is 6.09 Å². The molecule has 1 heterocycles. The van der Waals surface area contributed by atoms with Crippen molar-refractivity contribution in [2.45, 2.75) is 56.7 Å². The number of alkyl carbamates (subject to hydrolysis) is 1. The summed E-state index contributed by atoms with van der Waals surface area (Å²) in [5.74, 6) is 0. The first-order chi connectivity index (χ1) is 14.2. The molecule has 1 rings (SSSR count). The Morgan fingerprint density at radius 1 is 1.40 bits per heavy atom. The first-order valence-corrected chi connectivity index (χ1v) is 10.8. The molecule has 1 aromatic rings. The van der Waals surface area contributed by atoms with Gasteiger partial charge in [0, 0.05) is 23.8 Å². The van der Waals surface area contributed by atoms with Crippen LogP contribution in [0.3, 0.4) is 0 Å². The number of thiazole rings is 1. The van der Waals surface area contributed by atoms with Gasteiger partial charge in [0.1, 0.15) is 10.6 Å². The SMILES string of the molecule is C=CC/C=C/Cc1csc(C(C)(C)C(O)C/C=C/C(O)(CO)CCNC(=O)OC)n1. The molecular formula is C22H34N2O5S. The molecule has 0 aliphatic rings. The summed E-state index contributed by atoms with van der Waals surface area (Å²) in [5.41, 5.74) is -1.10. The number of aliphatic hydroxyl groups excluding tert-OH is 2. The van der Waals surface area contributed by atoms with Crippen LogP contribution in [0.25, 0.3) is 0 Å². The summed E-state index contributed by atoms with van der Waals surface area (Å²) < 4.78 is 4.47. The van der Waals surface area contributed by atoms with Crippen LogP contribution in [0.5, 0.6) is 0 Å². The minimum Gasteiger partial charge on any atom is -0.453 e. The van der Waals surface area contributed by atoms with Gasteiger partial charge in [0.05, 0.1) is 25.5 Å². The van der Waals surface area contributed by atoms with Gasteiger partial charge in [-0.05, 0) is 19.3 Å². The number of carbonyl (C=O) groups is 1. The first kappa shape index (κ1) is 26.0. The Balaban J connectivity index is 2.66. The van der Waals surface area contributed by atoms with Crippen molar-refractivity contribution in [2.24, 2.45) is 0 Å². The fraction of sp³-hybridized carbons (Fsp3) is 0.545. The minimum atomic E-state index is -1.49. The molecular weight excluding hydrogens is 404 g/mol. The lowest BCUT2D eigenvalue weighted by molar-refractivity contribution is 0.0201. The molecule has 30 heavy (non-hydrogen) atoms. The molecule has 2 unspecified atom stereocenters. The molecule has 0 aliphatic heterocycles. The maximum Gasteiger partial charge on any atom is 0.406 e. The van der Waals surface area contributed by atoms with Crippen molar-refractivity contribution in [2.75, 3.05) is 20.3 Å². The Bertz CT molecular complexity index is 729. The number of allylic oxidation sites excluding steroid dienone is 3. The summed E-state index contributed by atoms with van der Waals surface area (Å²) in [7, 11) is 1.25. The third-order valence-corrected chi connectivity index (χ3v) is 6.04. The highest BCUT2D eigenvalue weighted by molar-refractivity contribution is 7.09. The molecule has 7 nitrogen and oxygen atoms in total. The molecule has 8 heteroatoms. The van der Waals surface area contributed by atoms with Gasteiger partial charge in [-0.2, -0.15) is 0 Å². The first-order valence-electron chi connectivity index (χ1n) is 9.90. The van der Waals surface area contributed by atoms with Crippen LogP contribution in [-0.2, 0) is 16.6 Å². The van der Waals surface area contributed by atoms with Crippen molar-refractivity contribution in [1.29, 1.82) is 0 Å². The second-order valence-corrected chi connectivity index (χ2v) is 8.51. The van der Waals surface area contributed by atoms with E-state index in [2.05, 4.69) is 27.7 Å². The van der Waals surface area contributed by atoms with Crippen LogP contribution in [0.2, 0.25) is 0 Å². The summed E-state index contributed by atoms with van der Waals surface area (Å²) in [5, 5.41) is 35.9. The van der Waals surface area contributed by atoms with Crippen LogP contribution in [-0.4, -0.2) is 58.4 Å². The van der Waals surface area contributed by atoms with E-state index in [0.29, 0.717) is 0 Å². The average molecular weight is 439 g/mol. The van der Waals surface area contributed by atoms with E-state index in [1.54, 1.807) is 6.08 Å². The monoisotopic (exact) mass is 438 g/mol. The zero-order valence-electron chi connectivity index (χ0n) is 18.0. The molecule has 0 saturated heterocycles. The van der Waals surface area contributed by atoms with Gasteiger partial charge in [-0.3, -0.25) is 0 Å². The lowest BCUT2D eigenvalue weighted by Gasteiger charge is -2.28. The highest BCUT2D eigenvalue weighted by Gasteiger charge is 2.32. The zero-order chi connectivity index (χ0) is 22.6. The van der Waals surface area contributed by atoms with Crippen LogP contribution < -0.4 is 5.32 Å². The van der Waals surface area contributed by atoms with Crippen LogP contribution in [0.4, 0.5) is 4.79 Å². The van der Waals surface area contributed by atoms with E-state index < -0.39 is 29.8 Å². The zero-order valence-corrected chi connectivity index (χ0v) is 18.8. The Labute approximate surface area is 182 Å². The summed E-state index contributed by atoms with van der Waals surface area (Å²) in [6.07, 6.45) is 9.68. The number of nitrogens with one attached hydrogen (secondary N) is 1. The number of carbonyl (C=O) groups excluding carboxylic acids is 1. The van der Waals surface area contributed by atoms with Crippen molar-refractivity contribution in [3.8, 4) is 0 Å². The van der Waals surface area contributed by atoms with E-state index >= 15 is 0 Å². The summed E-state index contributed by atoms with van der Waals surface area (Å²) in [6.45, 7) is 7.19. The third-order valence-electron chi connectivity index (χ3n) is 4.81. The Morgan fingerprint density at radius 2 is 2.13 bits per heavy atom. The quantitative estimate of drug-likeness (QED) is 0.352. The largest absolute Gasteiger partial charge is 0.453 e. The number of aromatic nitrogens is 1. The molecule has 0 radical (unpaired) electrons. The second-order valence-electron chi connectivity index (χ2n) is 7.65. The average Bonchev–Trinajstić information content (AvgIpc) is 3.20. The normalized spacial score (nSPS) is 15.3. The van der Waals surface area contributed by atoms with E-state index in [4.69, 9.17) is 0 Å². The molecule has 1 amide bonds. The van der Waals surface area contributed by atoms with Crippen molar-refractivity contribution in [1.82, 2.24) is 10.3 Å². The topological polar surface area (TPSA) is 112 Å². The summed E-state index contributed by atoms with van der Waals surface area (Å²) in [4.78, 5) is 15.7. The molecule has 0 aliphatic carbocycles. The molecule has 4 N–H and O–H groups in total.